The molecule has 0 aliphatic carbocycles. The Hall–Kier alpha value is -1.46. The monoisotopic (exact) mass is 362 g/mol. The van der Waals surface area contributed by atoms with Crippen LogP contribution in [-0.2, 0) is 26.6 Å². The zero-order valence-corrected chi connectivity index (χ0v) is 14.0. The topological polar surface area (TPSA) is 116 Å². The van der Waals surface area contributed by atoms with Gasteiger partial charge in [-0.2, -0.15) is 0 Å². The number of primary sulfonamides is 1. The molecule has 0 spiro atoms. The van der Waals surface area contributed by atoms with Gasteiger partial charge in [0.15, 0.2) is 0 Å². The first-order valence-corrected chi connectivity index (χ1v) is 9.82. The first kappa shape index (κ1) is 16.9. The molecule has 0 saturated heterocycles. The zero-order valence-electron chi connectivity index (χ0n) is 11.5. The quantitative estimate of drug-likeness (QED) is 0.791. The summed E-state index contributed by atoms with van der Waals surface area (Å²) >= 11 is 0.605. The lowest BCUT2D eigenvalue weighted by atomic mass is 10.2. The van der Waals surface area contributed by atoms with Gasteiger partial charge in [0.25, 0.3) is 0 Å². The molecule has 0 bridgehead atoms. The predicted molar refractivity (Wildman–Crippen MR) is 82.7 cm³/mol. The largest absolute Gasteiger partial charge is 0.497 e. The molecule has 7 nitrogen and oxygen atoms in total. The highest BCUT2D eigenvalue weighted by molar-refractivity contribution is 7.94. The Labute approximate surface area is 132 Å². The van der Waals surface area contributed by atoms with Crippen LogP contribution in [0.25, 0.3) is 0 Å². The van der Waals surface area contributed by atoms with Gasteiger partial charge in [-0.1, -0.05) is 12.1 Å². The van der Waals surface area contributed by atoms with Gasteiger partial charge in [0.05, 0.1) is 7.11 Å². The van der Waals surface area contributed by atoms with E-state index in [1.807, 2.05) is 0 Å². The Balaban J connectivity index is 2.12. The van der Waals surface area contributed by atoms with E-state index in [4.69, 9.17) is 9.88 Å². The van der Waals surface area contributed by atoms with Gasteiger partial charge in [0.1, 0.15) is 14.2 Å². The molecule has 2 rings (SSSR count). The number of ether oxygens (including phenoxy) is 1. The number of thiophene rings is 1. The number of nitrogens with two attached hydrogens (primary N) is 1. The van der Waals surface area contributed by atoms with Crippen LogP contribution >= 0.6 is 11.3 Å². The van der Waals surface area contributed by atoms with Crippen LogP contribution in [0.15, 0.2) is 44.8 Å². The molecule has 0 atom stereocenters. The van der Waals surface area contributed by atoms with Crippen molar-refractivity contribution in [3.63, 3.8) is 0 Å². The maximum Gasteiger partial charge on any atom is 0.250 e. The van der Waals surface area contributed by atoms with Gasteiger partial charge >= 0.3 is 0 Å². The van der Waals surface area contributed by atoms with E-state index in [1.54, 1.807) is 24.3 Å². The van der Waals surface area contributed by atoms with Gasteiger partial charge in [-0.05, 0) is 29.8 Å². The van der Waals surface area contributed by atoms with E-state index >= 15 is 0 Å². The van der Waals surface area contributed by atoms with Crippen LogP contribution in [0.2, 0.25) is 0 Å². The Morgan fingerprint density at radius 2 is 1.64 bits per heavy atom. The van der Waals surface area contributed by atoms with E-state index in [-0.39, 0.29) is 15.0 Å². The van der Waals surface area contributed by atoms with Crippen LogP contribution in [-0.4, -0.2) is 23.9 Å². The van der Waals surface area contributed by atoms with Crippen molar-refractivity contribution < 1.29 is 21.6 Å². The molecule has 1 aromatic heterocycles. The smallest absolute Gasteiger partial charge is 0.250 e. The highest BCUT2D eigenvalue weighted by Gasteiger charge is 2.20. The van der Waals surface area contributed by atoms with Crippen LogP contribution in [0.1, 0.15) is 5.56 Å². The summed E-state index contributed by atoms with van der Waals surface area (Å²) in [5.41, 5.74) is 0.743. The molecule has 2 aromatic rings. The van der Waals surface area contributed by atoms with Crippen molar-refractivity contribution in [1.29, 1.82) is 0 Å². The third kappa shape index (κ3) is 4.05. The minimum Gasteiger partial charge on any atom is -0.497 e. The standard InChI is InChI=1S/C12H14N2O5S3/c1-19-10-4-2-9(3-5-10)8-14-22(17,18)12-7-6-11(20-12)21(13,15)16/h2-7,14H,8H2,1H3,(H2,13,15,16). The Bertz CT molecular complexity index is 854. The highest BCUT2D eigenvalue weighted by atomic mass is 32.3. The second-order valence-corrected chi connectivity index (χ2v) is 9.16. The van der Waals surface area contributed by atoms with Gasteiger partial charge in [0.2, 0.25) is 20.0 Å². The first-order valence-electron chi connectivity index (χ1n) is 5.97. The number of methoxy groups -OCH3 is 1. The molecule has 0 fully saturated rings. The van der Waals surface area contributed by atoms with Gasteiger partial charge in [-0.15, -0.1) is 11.3 Å². The van der Waals surface area contributed by atoms with Crippen LogP contribution in [0.5, 0.6) is 5.75 Å². The maximum absolute atomic E-state index is 12.1. The van der Waals surface area contributed by atoms with E-state index in [2.05, 4.69) is 4.72 Å². The fourth-order valence-electron chi connectivity index (χ4n) is 1.59. The molecular weight excluding hydrogens is 348 g/mol. The summed E-state index contributed by atoms with van der Waals surface area (Å²) < 4.78 is 53.7. The van der Waals surface area contributed by atoms with Crippen LogP contribution < -0.4 is 14.6 Å². The lowest BCUT2D eigenvalue weighted by molar-refractivity contribution is 0.414. The fraction of sp³-hybridized carbons (Fsp3) is 0.167. The number of hydrogen-bond acceptors (Lipinski definition) is 6. The van der Waals surface area contributed by atoms with Crippen LogP contribution in [0.4, 0.5) is 0 Å². The molecule has 3 N–H and O–H groups in total. The highest BCUT2D eigenvalue weighted by Crippen LogP contribution is 2.24. The Morgan fingerprint density at radius 3 is 2.14 bits per heavy atom. The molecule has 1 aromatic carbocycles. The molecule has 0 aliphatic heterocycles. The summed E-state index contributed by atoms with van der Waals surface area (Å²) in [5.74, 6) is 0.669. The fourth-order valence-corrected chi connectivity index (χ4v) is 4.84. The summed E-state index contributed by atoms with van der Waals surface area (Å²) in [4.78, 5) is 0. The lowest BCUT2D eigenvalue weighted by Gasteiger charge is -2.06. The van der Waals surface area contributed by atoms with Crippen LogP contribution in [0.3, 0.4) is 0 Å². The van der Waals surface area contributed by atoms with Crippen molar-refractivity contribution in [3.8, 4) is 5.75 Å². The normalized spacial score (nSPS) is 12.3. The average Bonchev–Trinajstić information content (AvgIpc) is 2.96. The third-order valence-electron chi connectivity index (χ3n) is 2.73. The van der Waals surface area contributed by atoms with E-state index in [1.165, 1.54) is 19.2 Å². The van der Waals surface area contributed by atoms with E-state index in [0.717, 1.165) is 5.56 Å². The molecule has 1 heterocycles. The van der Waals surface area contributed by atoms with Gasteiger partial charge in [-0.25, -0.2) is 26.7 Å². The second-order valence-electron chi connectivity index (χ2n) is 4.29. The molecule has 0 amide bonds. The molecule has 0 unspecified atom stereocenters. The predicted octanol–water partition coefficient (Wildman–Crippen LogP) is 0.883. The van der Waals surface area contributed by atoms with Gasteiger partial charge in [-0.3, -0.25) is 0 Å². The summed E-state index contributed by atoms with van der Waals surface area (Å²) in [6.07, 6.45) is 0. The average molecular weight is 362 g/mol. The number of rotatable bonds is 6. The molecule has 10 heteroatoms. The molecular formula is C12H14N2O5S3. The van der Waals surface area contributed by atoms with Crippen LogP contribution in [0, 0.1) is 0 Å². The number of benzene rings is 1. The van der Waals surface area contributed by atoms with Crippen molar-refractivity contribution in [2.24, 2.45) is 5.14 Å². The first-order chi connectivity index (χ1) is 10.2. The molecule has 0 radical (unpaired) electrons. The van der Waals surface area contributed by atoms with E-state index in [0.29, 0.717) is 17.1 Å². The Kier molecular flexibility index (Phi) is 4.87. The SMILES string of the molecule is COc1ccc(CNS(=O)(=O)c2ccc(S(N)(=O)=O)s2)cc1. The molecule has 22 heavy (non-hydrogen) atoms. The van der Waals surface area contributed by atoms with E-state index < -0.39 is 20.0 Å². The van der Waals surface area contributed by atoms with Crippen molar-refractivity contribution in [2.75, 3.05) is 7.11 Å². The third-order valence-corrected chi connectivity index (χ3v) is 7.14. The van der Waals surface area contributed by atoms with Crippen molar-refractivity contribution in [3.05, 3.63) is 42.0 Å². The maximum atomic E-state index is 12.1. The second kappa shape index (κ2) is 6.34. The number of nitrogens with one attached hydrogen (secondary N) is 1. The summed E-state index contributed by atoms with van der Waals surface area (Å²) in [6, 6.07) is 9.27. The molecule has 0 aliphatic rings. The van der Waals surface area contributed by atoms with Crippen molar-refractivity contribution in [2.45, 2.75) is 15.0 Å². The zero-order chi connectivity index (χ0) is 16.4. The van der Waals surface area contributed by atoms with Gasteiger partial charge < -0.3 is 4.74 Å². The van der Waals surface area contributed by atoms with E-state index in [9.17, 15) is 16.8 Å². The van der Waals surface area contributed by atoms with Crippen molar-refractivity contribution in [1.82, 2.24) is 4.72 Å². The minimum atomic E-state index is -3.90. The summed E-state index contributed by atoms with van der Waals surface area (Å²) in [5, 5.41) is 4.96. The number of hydrogen-bond donors (Lipinski definition) is 2. The number of sulfonamides is 2. The lowest BCUT2D eigenvalue weighted by Crippen LogP contribution is -2.22. The summed E-state index contributed by atoms with van der Waals surface area (Å²) in [6.45, 7) is 0.0783. The van der Waals surface area contributed by atoms with Crippen molar-refractivity contribution >= 4 is 31.4 Å². The van der Waals surface area contributed by atoms with Gasteiger partial charge in [0, 0.05) is 6.54 Å². The summed E-state index contributed by atoms with van der Waals surface area (Å²) in [7, 11) is -6.16. The molecule has 0 saturated carbocycles. The minimum absolute atomic E-state index is 0.0783. The Morgan fingerprint density at radius 1 is 1.05 bits per heavy atom. The molecule has 120 valence electrons.